The first-order valence-corrected chi connectivity index (χ1v) is 10.6. The zero-order valence-electron chi connectivity index (χ0n) is 17.2. The number of hydrogen-bond acceptors (Lipinski definition) is 5. The zero-order valence-corrected chi connectivity index (χ0v) is 20.8. The number of anilines is 3. The molecule has 1 aliphatic carbocycles. The number of rotatable bonds is 8. The number of aryl methyl sites for hydroxylation is 1. The molecule has 1 aromatic heterocycles. The molecule has 1 aromatic carbocycles. The minimum Gasteiger partial charge on any atom is -0.511 e. The summed E-state index contributed by atoms with van der Waals surface area (Å²) in [5.74, 6) is 3.32. The summed E-state index contributed by atoms with van der Waals surface area (Å²) in [5.41, 5.74) is 2.72. The third-order valence-corrected chi connectivity index (χ3v) is 6.37. The first kappa shape index (κ1) is 23.4. The van der Waals surface area contributed by atoms with Crippen molar-refractivity contribution in [2.24, 2.45) is 17.8 Å². The first-order valence-electron chi connectivity index (χ1n) is 10.3. The standard InChI is InChI=1S/C22H26ClN5O.Y/c1-15-10-19(2-3-21(15)27-14-29)24-7-4-17-11-20(17)16-5-8-28(9-6-16)22-25-12-18(23)13-26-22;/h2,10,12-13,16-17,20,24H,4-9,11H2,1H3,(H,27,29);/q-2;. The smallest absolute Gasteiger partial charge is 0.225 e. The number of hydrogen-bond donors (Lipinski definition) is 2. The van der Waals surface area contributed by atoms with Crippen molar-refractivity contribution < 1.29 is 37.5 Å². The van der Waals surface area contributed by atoms with Gasteiger partial charge in [-0.2, -0.15) is 12.1 Å². The van der Waals surface area contributed by atoms with E-state index in [-0.39, 0.29) is 32.7 Å². The molecular formula is C22H26ClN5OY-2. The number of piperidine rings is 1. The second kappa shape index (κ2) is 10.9. The number of halogens is 1. The topological polar surface area (TPSA) is 70.2 Å². The second-order valence-corrected chi connectivity index (χ2v) is 8.51. The van der Waals surface area contributed by atoms with Gasteiger partial charge in [0.2, 0.25) is 5.95 Å². The Morgan fingerprint density at radius 3 is 2.70 bits per heavy atom. The molecule has 2 N–H and O–H groups in total. The Balaban J connectivity index is 0.00000256. The van der Waals surface area contributed by atoms with Gasteiger partial charge in [0, 0.05) is 52.3 Å². The van der Waals surface area contributed by atoms with E-state index in [4.69, 9.17) is 11.6 Å². The van der Waals surface area contributed by atoms with E-state index < -0.39 is 0 Å². The summed E-state index contributed by atoms with van der Waals surface area (Å²) in [5, 5.41) is 6.61. The normalized spacial score (nSPS) is 20.9. The van der Waals surface area contributed by atoms with Crippen molar-refractivity contribution in [3.05, 3.63) is 41.2 Å². The molecule has 8 heteroatoms. The molecule has 0 bridgehead atoms. The molecule has 2 unspecified atom stereocenters. The molecule has 2 heterocycles. The van der Waals surface area contributed by atoms with Gasteiger partial charge in [0.25, 0.3) is 0 Å². The van der Waals surface area contributed by atoms with Crippen LogP contribution in [0.2, 0.25) is 5.02 Å². The Hall–Kier alpha value is -1.24. The van der Waals surface area contributed by atoms with E-state index in [1.165, 1.54) is 25.7 Å². The maximum atomic E-state index is 10.4. The molecule has 2 atom stereocenters. The van der Waals surface area contributed by atoms with Crippen LogP contribution in [-0.4, -0.2) is 36.0 Å². The summed E-state index contributed by atoms with van der Waals surface area (Å²) >= 11 is 5.88. The van der Waals surface area contributed by atoms with Gasteiger partial charge in [0.05, 0.1) is 23.8 Å². The van der Waals surface area contributed by atoms with Gasteiger partial charge in [0.15, 0.2) is 0 Å². The van der Waals surface area contributed by atoms with Gasteiger partial charge in [-0.05, 0) is 43.4 Å². The molecule has 1 radical (unpaired) electrons. The number of amides is 1. The van der Waals surface area contributed by atoms with Gasteiger partial charge in [-0.3, -0.25) is 6.07 Å². The van der Waals surface area contributed by atoms with E-state index in [0.717, 1.165) is 54.6 Å². The molecule has 1 aliphatic heterocycles. The van der Waals surface area contributed by atoms with E-state index >= 15 is 0 Å². The van der Waals surface area contributed by atoms with E-state index in [2.05, 4.69) is 31.6 Å². The maximum absolute atomic E-state index is 10.4. The second-order valence-electron chi connectivity index (χ2n) is 8.07. The van der Waals surface area contributed by atoms with Gasteiger partial charge in [-0.25, -0.2) is 21.2 Å². The summed E-state index contributed by atoms with van der Waals surface area (Å²) in [7, 11) is 0. The summed E-state index contributed by atoms with van der Waals surface area (Å²) in [4.78, 5) is 21.4. The molecule has 0 spiro atoms. The van der Waals surface area contributed by atoms with Crippen LogP contribution in [0.3, 0.4) is 0 Å². The Bertz CT molecular complexity index is 842. The van der Waals surface area contributed by atoms with Crippen molar-refractivity contribution in [1.29, 1.82) is 0 Å². The molecule has 6 nitrogen and oxygen atoms in total. The van der Waals surface area contributed by atoms with Crippen molar-refractivity contribution in [2.75, 3.05) is 35.2 Å². The SMILES string of the molecule is Cc1cc(NCCC2CC2C2CCN(c3ncc(Cl)cn3)CC2)c[c-]c1N[C-]=O.[Y]. The van der Waals surface area contributed by atoms with Gasteiger partial charge < -0.3 is 20.3 Å². The third kappa shape index (κ3) is 5.92. The molecule has 4 rings (SSSR count). The Morgan fingerprint density at radius 2 is 2.03 bits per heavy atom. The van der Waals surface area contributed by atoms with Crippen molar-refractivity contribution in [3.63, 3.8) is 0 Å². The van der Waals surface area contributed by atoms with Crippen LogP contribution in [0.25, 0.3) is 0 Å². The van der Waals surface area contributed by atoms with Crippen LogP contribution in [-0.2, 0) is 37.5 Å². The molecule has 157 valence electrons. The van der Waals surface area contributed by atoms with E-state index in [0.29, 0.717) is 10.7 Å². The van der Waals surface area contributed by atoms with Gasteiger partial charge in [-0.15, -0.1) is 6.92 Å². The number of aromatic nitrogens is 2. The number of nitrogens with zero attached hydrogens (tertiary/aromatic N) is 3. The predicted molar refractivity (Wildman–Crippen MR) is 116 cm³/mol. The Labute approximate surface area is 208 Å². The van der Waals surface area contributed by atoms with Crippen molar-refractivity contribution in [1.82, 2.24) is 9.97 Å². The number of carbonyl (C=O) groups excluding carboxylic acids is 1. The minimum absolute atomic E-state index is 0. The summed E-state index contributed by atoms with van der Waals surface area (Å²) < 4.78 is 0. The van der Waals surface area contributed by atoms with Crippen molar-refractivity contribution in [3.8, 4) is 0 Å². The quantitative estimate of drug-likeness (QED) is 0.422. The zero-order chi connectivity index (χ0) is 20.2. The molecule has 2 fully saturated rings. The van der Waals surface area contributed by atoms with Crippen LogP contribution in [0, 0.1) is 30.7 Å². The predicted octanol–water partition coefficient (Wildman–Crippen LogP) is 4.07. The van der Waals surface area contributed by atoms with Crippen molar-refractivity contribution >= 4 is 35.3 Å². The maximum Gasteiger partial charge on any atom is 0.225 e. The van der Waals surface area contributed by atoms with E-state index in [9.17, 15) is 4.79 Å². The molecular weight excluding hydrogens is 475 g/mol. The molecule has 1 amide bonds. The largest absolute Gasteiger partial charge is 0.511 e. The van der Waals surface area contributed by atoms with Crippen LogP contribution in [0.1, 0.15) is 31.2 Å². The average molecular weight is 501 g/mol. The fraction of sp³-hybridized carbons (Fsp3) is 0.500. The van der Waals surface area contributed by atoms with Crippen molar-refractivity contribution in [2.45, 2.75) is 32.6 Å². The number of benzene rings is 1. The fourth-order valence-electron chi connectivity index (χ4n) is 4.48. The van der Waals surface area contributed by atoms with Crippen LogP contribution in [0.15, 0.2) is 24.5 Å². The molecule has 30 heavy (non-hydrogen) atoms. The number of nitrogens with one attached hydrogen (secondary N) is 2. The third-order valence-electron chi connectivity index (χ3n) is 6.17. The summed E-state index contributed by atoms with van der Waals surface area (Å²) in [6, 6.07) is 7.00. The summed E-state index contributed by atoms with van der Waals surface area (Å²) in [6.45, 7) is 4.99. The Kier molecular flexibility index (Phi) is 8.49. The molecule has 2 aromatic rings. The van der Waals surface area contributed by atoms with Crippen LogP contribution in [0.4, 0.5) is 17.3 Å². The monoisotopic (exact) mass is 500 g/mol. The van der Waals surface area contributed by atoms with Crippen LogP contribution < -0.4 is 15.5 Å². The molecule has 1 saturated heterocycles. The average Bonchev–Trinajstić information content (AvgIpc) is 3.50. The molecule has 2 aliphatic rings. The van der Waals surface area contributed by atoms with Gasteiger partial charge in [-0.1, -0.05) is 17.3 Å². The van der Waals surface area contributed by atoms with Crippen LogP contribution in [0.5, 0.6) is 0 Å². The van der Waals surface area contributed by atoms with Gasteiger partial charge >= 0.3 is 0 Å². The van der Waals surface area contributed by atoms with E-state index in [1.807, 2.05) is 19.1 Å². The molecule has 1 saturated carbocycles. The minimum atomic E-state index is 0. The van der Waals surface area contributed by atoms with Gasteiger partial charge in [0.1, 0.15) is 0 Å². The summed E-state index contributed by atoms with van der Waals surface area (Å²) in [6.07, 6.45) is 10.0. The fourth-order valence-corrected chi connectivity index (χ4v) is 4.57. The Morgan fingerprint density at radius 1 is 1.30 bits per heavy atom. The van der Waals surface area contributed by atoms with Crippen LogP contribution >= 0.6 is 11.6 Å². The van der Waals surface area contributed by atoms with E-state index in [1.54, 1.807) is 18.8 Å². The first-order chi connectivity index (χ1) is 14.1.